The van der Waals surface area contributed by atoms with E-state index in [1.165, 1.54) is 0 Å². The van der Waals surface area contributed by atoms with Crippen LogP contribution in [0.15, 0.2) is 30.3 Å². The molecule has 0 spiro atoms. The minimum atomic E-state index is -1.40. The molecule has 0 bridgehead atoms. The van der Waals surface area contributed by atoms with Crippen LogP contribution in [-0.2, 0) is 9.47 Å². The molecule has 0 radical (unpaired) electrons. The topological polar surface area (TPSA) is 47.9 Å². The maximum atomic E-state index is 9.33. The number of benzene rings is 1. The van der Waals surface area contributed by atoms with Gasteiger partial charge in [-0.3, -0.25) is 0 Å². The van der Waals surface area contributed by atoms with Gasteiger partial charge in [-0.1, -0.05) is 18.2 Å². The zero-order valence-corrected chi connectivity index (χ0v) is 9.68. The number of aliphatic hydroxyl groups excluding tert-OH is 1. The van der Waals surface area contributed by atoms with Crippen molar-refractivity contribution in [2.45, 2.75) is 19.8 Å². The van der Waals surface area contributed by atoms with Crippen LogP contribution in [0.2, 0.25) is 0 Å². The maximum Gasteiger partial charge on any atom is 0.351 e. The van der Waals surface area contributed by atoms with Gasteiger partial charge in [-0.15, -0.1) is 0 Å². The number of rotatable bonds is 7. The van der Waals surface area contributed by atoms with E-state index in [-0.39, 0.29) is 6.61 Å². The highest BCUT2D eigenvalue weighted by atomic mass is 16.9. The van der Waals surface area contributed by atoms with Crippen LogP contribution in [-0.4, -0.2) is 30.9 Å². The highest BCUT2D eigenvalue weighted by Gasteiger charge is 2.33. The predicted octanol–water partition coefficient (Wildman–Crippen LogP) is 1.78. The van der Waals surface area contributed by atoms with Crippen molar-refractivity contribution in [3.8, 4) is 5.75 Å². The zero-order valence-electron chi connectivity index (χ0n) is 9.68. The second-order valence-corrected chi connectivity index (χ2v) is 3.12. The van der Waals surface area contributed by atoms with Crippen LogP contribution in [0.25, 0.3) is 0 Å². The Morgan fingerprint density at radius 1 is 1.06 bits per heavy atom. The molecule has 0 aliphatic heterocycles. The van der Waals surface area contributed by atoms with Crippen molar-refractivity contribution in [3.63, 3.8) is 0 Å². The summed E-state index contributed by atoms with van der Waals surface area (Å²) < 4.78 is 16.2. The van der Waals surface area contributed by atoms with Crippen LogP contribution in [0.4, 0.5) is 0 Å². The quantitative estimate of drug-likeness (QED) is 0.720. The van der Waals surface area contributed by atoms with Gasteiger partial charge in [0, 0.05) is 0 Å². The van der Waals surface area contributed by atoms with E-state index in [2.05, 4.69) is 0 Å². The van der Waals surface area contributed by atoms with E-state index in [9.17, 15) is 5.11 Å². The minimum absolute atomic E-state index is 0.358. The Balaban J connectivity index is 2.76. The van der Waals surface area contributed by atoms with E-state index in [1.54, 1.807) is 12.1 Å². The lowest BCUT2D eigenvalue weighted by molar-refractivity contribution is -0.353. The molecule has 0 aliphatic rings. The Morgan fingerprint density at radius 2 is 1.62 bits per heavy atom. The molecule has 0 unspecified atom stereocenters. The van der Waals surface area contributed by atoms with E-state index < -0.39 is 5.97 Å². The SMILES string of the molecule is CCOC(CO)(OCC)Oc1ccccc1. The molecule has 0 amide bonds. The zero-order chi connectivity index (χ0) is 11.9. The van der Waals surface area contributed by atoms with Crippen LogP contribution in [0.1, 0.15) is 13.8 Å². The minimum Gasteiger partial charge on any atom is -0.437 e. The highest BCUT2D eigenvalue weighted by molar-refractivity contribution is 5.21. The molecule has 1 aromatic rings. The number of hydrogen-bond acceptors (Lipinski definition) is 4. The first-order chi connectivity index (χ1) is 7.76. The Kier molecular flexibility index (Phi) is 5.25. The van der Waals surface area contributed by atoms with Crippen LogP contribution < -0.4 is 4.74 Å². The smallest absolute Gasteiger partial charge is 0.351 e. The van der Waals surface area contributed by atoms with Crippen molar-refractivity contribution in [3.05, 3.63) is 30.3 Å². The van der Waals surface area contributed by atoms with Gasteiger partial charge in [0.1, 0.15) is 12.4 Å². The molecule has 0 saturated heterocycles. The predicted molar refractivity (Wildman–Crippen MR) is 60.1 cm³/mol. The summed E-state index contributed by atoms with van der Waals surface area (Å²) in [5.74, 6) is -0.802. The molecule has 1 rings (SSSR count). The molecule has 0 aliphatic carbocycles. The van der Waals surface area contributed by atoms with Crippen LogP contribution >= 0.6 is 0 Å². The summed E-state index contributed by atoms with van der Waals surface area (Å²) in [6.07, 6.45) is 0. The summed E-state index contributed by atoms with van der Waals surface area (Å²) in [5.41, 5.74) is 0. The molecule has 0 fully saturated rings. The Labute approximate surface area is 95.8 Å². The van der Waals surface area contributed by atoms with Gasteiger partial charge in [0.25, 0.3) is 0 Å². The average Bonchev–Trinajstić information content (AvgIpc) is 2.31. The summed E-state index contributed by atoms with van der Waals surface area (Å²) in [7, 11) is 0. The van der Waals surface area contributed by atoms with E-state index in [0.29, 0.717) is 19.0 Å². The van der Waals surface area contributed by atoms with Gasteiger partial charge in [0.05, 0.1) is 13.2 Å². The molecule has 90 valence electrons. The normalized spacial score (nSPS) is 11.4. The first-order valence-corrected chi connectivity index (χ1v) is 5.39. The lowest BCUT2D eigenvalue weighted by Crippen LogP contribution is -2.46. The molecule has 1 N–H and O–H groups in total. The van der Waals surface area contributed by atoms with E-state index >= 15 is 0 Å². The summed E-state index contributed by atoms with van der Waals surface area (Å²) in [5, 5.41) is 9.33. The van der Waals surface area contributed by atoms with Gasteiger partial charge in [0.15, 0.2) is 0 Å². The van der Waals surface area contributed by atoms with Gasteiger partial charge in [-0.2, -0.15) is 0 Å². The summed E-state index contributed by atoms with van der Waals surface area (Å²) in [4.78, 5) is 0. The van der Waals surface area contributed by atoms with Crippen molar-refractivity contribution in [1.29, 1.82) is 0 Å². The van der Waals surface area contributed by atoms with Crippen molar-refractivity contribution in [1.82, 2.24) is 0 Å². The summed E-state index contributed by atoms with van der Waals surface area (Å²) in [6, 6.07) is 9.13. The molecular weight excluding hydrogens is 208 g/mol. The lowest BCUT2D eigenvalue weighted by atomic mass is 10.3. The van der Waals surface area contributed by atoms with E-state index in [4.69, 9.17) is 14.2 Å². The molecule has 4 heteroatoms. The summed E-state index contributed by atoms with van der Waals surface area (Å²) in [6.45, 7) is 4.07. The molecule has 4 nitrogen and oxygen atoms in total. The summed E-state index contributed by atoms with van der Waals surface area (Å²) >= 11 is 0. The van der Waals surface area contributed by atoms with E-state index in [0.717, 1.165) is 0 Å². The second kappa shape index (κ2) is 6.48. The molecule has 0 heterocycles. The van der Waals surface area contributed by atoms with Gasteiger partial charge in [-0.05, 0) is 26.0 Å². The molecular formula is C12H18O4. The van der Waals surface area contributed by atoms with Gasteiger partial charge in [-0.25, -0.2) is 0 Å². The van der Waals surface area contributed by atoms with Crippen molar-refractivity contribution in [2.75, 3.05) is 19.8 Å². The number of aliphatic hydroxyl groups is 1. The van der Waals surface area contributed by atoms with Crippen LogP contribution in [0.3, 0.4) is 0 Å². The third kappa shape index (κ3) is 3.48. The highest BCUT2D eigenvalue weighted by Crippen LogP contribution is 2.20. The van der Waals surface area contributed by atoms with Crippen molar-refractivity contribution < 1.29 is 19.3 Å². The maximum absolute atomic E-state index is 9.33. The van der Waals surface area contributed by atoms with Crippen LogP contribution in [0, 0.1) is 0 Å². The Bertz CT molecular complexity index is 280. The monoisotopic (exact) mass is 226 g/mol. The van der Waals surface area contributed by atoms with Crippen LogP contribution in [0.5, 0.6) is 5.75 Å². The third-order valence-electron chi connectivity index (χ3n) is 1.94. The Morgan fingerprint density at radius 3 is 2.06 bits per heavy atom. The number of hydrogen-bond donors (Lipinski definition) is 1. The fourth-order valence-corrected chi connectivity index (χ4v) is 1.33. The standard InChI is InChI=1S/C12H18O4/c1-3-14-12(10-13,15-4-2)16-11-8-6-5-7-9-11/h5-9,13H,3-4,10H2,1-2H3. The van der Waals surface area contributed by atoms with Gasteiger partial charge < -0.3 is 19.3 Å². The van der Waals surface area contributed by atoms with Crippen molar-refractivity contribution >= 4 is 0 Å². The Hall–Kier alpha value is -1.10. The van der Waals surface area contributed by atoms with Crippen molar-refractivity contribution in [2.24, 2.45) is 0 Å². The molecule has 16 heavy (non-hydrogen) atoms. The largest absolute Gasteiger partial charge is 0.437 e. The van der Waals surface area contributed by atoms with Gasteiger partial charge in [0.2, 0.25) is 0 Å². The lowest BCUT2D eigenvalue weighted by Gasteiger charge is -2.31. The first kappa shape index (κ1) is 13.0. The molecule has 0 atom stereocenters. The average molecular weight is 226 g/mol. The second-order valence-electron chi connectivity index (χ2n) is 3.12. The fourth-order valence-electron chi connectivity index (χ4n) is 1.33. The van der Waals surface area contributed by atoms with E-state index in [1.807, 2.05) is 32.0 Å². The number of para-hydroxylation sites is 1. The fraction of sp³-hybridized carbons (Fsp3) is 0.500. The first-order valence-electron chi connectivity index (χ1n) is 5.39. The number of ether oxygens (including phenoxy) is 3. The third-order valence-corrected chi connectivity index (χ3v) is 1.94. The molecule has 0 aromatic heterocycles. The van der Waals surface area contributed by atoms with Gasteiger partial charge >= 0.3 is 5.97 Å². The molecule has 0 saturated carbocycles. The molecule has 1 aromatic carbocycles.